The number of hydrogen-bond acceptors (Lipinski definition) is 4. The highest BCUT2D eigenvalue weighted by molar-refractivity contribution is 8.00. The minimum Gasteiger partial charge on any atom is -0.313 e. The molecule has 0 aliphatic rings. The molecule has 0 fully saturated rings. The summed E-state index contributed by atoms with van der Waals surface area (Å²) >= 11 is 1.64. The first-order chi connectivity index (χ1) is 9.30. The zero-order chi connectivity index (χ0) is 15.2. The van der Waals surface area contributed by atoms with E-state index < -0.39 is 10.0 Å². The lowest BCUT2D eigenvalue weighted by Crippen LogP contribution is -2.36. The highest BCUT2D eigenvalue weighted by Gasteiger charge is 2.21. The predicted molar refractivity (Wildman–Crippen MR) is 86.6 cm³/mol. The highest BCUT2D eigenvalue weighted by atomic mass is 32.2. The largest absolute Gasteiger partial charge is 0.313 e. The Bertz CT molecular complexity index is 528. The summed E-state index contributed by atoms with van der Waals surface area (Å²) in [5.41, 5.74) is 0.971. The average molecular weight is 316 g/mol. The molecule has 0 aliphatic carbocycles. The van der Waals surface area contributed by atoms with Gasteiger partial charge in [-0.3, -0.25) is 0 Å². The van der Waals surface area contributed by atoms with E-state index in [2.05, 4.69) is 10.0 Å². The Morgan fingerprint density at radius 2 is 2.00 bits per heavy atom. The van der Waals surface area contributed by atoms with Crippen LogP contribution in [0.15, 0.2) is 29.2 Å². The summed E-state index contributed by atoms with van der Waals surface area (Å²) in [4.78, 5) is 0.324. The van der Waals surface area contributed by atoms with Crippen molar-refractivity contribution in [1.82, 2.24) is 10.0 Å². The first kappa shape index (κ1) is 17.5. The molecule has 1 aromatic carbocycles. The molecular weight excluding hydrogens is 292 g/mol. The summed E-state index contributed by atoms with van der Waals surface area (Å²) in [6.45, 7) is 8.00. The lowest BCUT2D eigenvalue weighted by Gasteiger charge is -2.22. The number of hydrogen-bond donors (Lipinski definition) is 2. The highest BCUT2D eigenvalue weighted by Crippen LogP contribution is 2.21. The summed E-state index contributed by atoms with van der Waals surface area (Å²) < 4.78 is 27.1. The lowest BCUT2D eigenvalue weighted by molar-refractivity contribution is 0.570. The fourth-order valence-corrected chi connectivity index (χ4v) is 3.11. The lowest BCUT2D eigenvalue weighted by atomic mass is 10.2. The van der Waals surface area contributed by atoms with E-state index in [1.807, 2.05) is 33.1 Å². The van der Waals surface area contributed by atoms with Crippen molar-refractivity contribution in [1.29, 1.82) is 0 Å². The third-order valence-corrected chi connectivity index (χ3v) is 5.68. The average Bonchev–Trinajstić information content (AvgIpc) is 2.43. The van der Waals surface area contributed by atoms with E-state index in [1.54, 1.807) is 30.0 Å². The van der Waals surface area contributed by atoms with Gasteiger partial charge in [-0.25, -0.2) is 13.1 Å². The summed E-state index contributed by atoms with van der Waals surface area (Å²) in [6, 6.07) is 7.05. The molecular formula is C14H24N2O2S2. The molecule has 0 radical (unpaired) electrons. The molecule has 0 heterocycles. The van der Waals surface area contributed by atoms with Gasteiger partial charge in [0.1, 0.15) is 0 Å². The van der Waals surface area contributed by atoms with E-state index in [4.69, 9.17) is 0 Å². The molecule has 0 saturated carbocycles. The van der Waals surface area contributed by atoms with Gasteiger partial charge in [0.25, 0.3) is 0 Å². The molecule has 0 spiro atoms. The summed E-state index contributed by atoms with van der Waals surface area (Å²) in [5, 5.41) is 3.19. The molecule has 2 N–H and O–H groups in total. The third-order valence-electron chi connectivity index (χ3n) is 3.03. The normalized spacial score (nSPS) is 12.6. The van der Waals surface area contributed by atoms with E-state index in [0.29, 0.717) is 18.0 Å². The fraction of sp³-hybridized carbons (Fsp3) is 0.571. The third kappa shape index (κ3) is 5.44. The number of benzene rings is 1. The Morgan fingerprint density at radius 3 is 2.60 bits per heavy atom. The molecule has 20 heavy (non-hydrogen) atoms. The summed E-state index contributed by atoms with van der Waals surface area (Å²) in [7, 11) is -3.44. The van der Waals surface area contributed by atoms with Gasteiger partial charge in [-0.15, -0.1) is 0 Å². The number of rotatable bonds is 8. The molecule has 0 atom stereocenters. The topological polar surface area (TPSA) is 58.2 Å². The first-order valence-electron chi connectivity index (χ1n) is 6.65. The maximum absolute atomic E-state index is 12.3. The molecule has 0 bridgehead atoms. The van der Waals surface area contributed by atoms with Gasteiger partial charge in [-0.05, 0) is 44.3 Å². The predicted octanol–water partition coefficient (Wildman–Crippen LogP) is 2.22. The second kappa shape index (κ2) is 7.45. The van der Waals surface area contributed by atoms with Crippen LogP contribution in [0.25, 0.3) is 0 Å². The van der Waals surface area contributed by atoms with Gasteiger partial charge >= 0.3 is 0 Å². The van der Waals surface area contributed by atoms with Gasteiger partial charge < -0.3 is 5.32 Å². The van der Waals surface area contributed by atoms with Crippen LogP contribution < -0.4 is 10.0 Å². The molecule has 0 saturated heterocycles. The maximum Gasteiger partial charge on any atom is 0.240 e. The van der Waals surface area contributed by atoms with Crippen molar-refractivity contribution in [3.8, 4) is 0 Å². The van der Waals surface area contributed by atoms with Crippen LogP contribution in [0.2, 0.25) is 0 Å². The molecule has 4 nitrogen and oxygen atoms in total. The van der Waals surface area contributed by atoms with Gasteiger partial charge in [-0.2, -0.15) is 11.8 Å². The first-order valence-corrected chi connectivity index (χ1v) is 9.36. The van der Waals surface area contributed by atoms with Crippen molar-refractivity contribution < 1.29 is 8.42 Å². The molecule has 1 rings (SSSR count). The molecule has 1 aromatic rings. The van der Waals surface area contributed by atoms with Crippen molar-refractivity contribution >= 4 is 21.8 Å². The maximum atomic E-state index is 12.3. The zero-order valence-corrected chi connectivity index (χ0v) is 14.2. The number of sulfonamides is 1. The Morgan fingerprint density at radius 1 is 1.30 bits per heavy atom. The van der Waals surface area contributed by atoms with Crippen LogP contribution in [0, 0.1) is 0 Å². The second-order valence-corrected chi connectivity index (χ2v) is 8.50. The van der Waals surface area contributed by atoms with Gasteiger partial charge in [0.15, 0.2) is 0 Å². The van der Waals surface area contributed by atoms with Crippen molar-refractivity contribution in [3.05, 3.63) is 29.8 Å². The van der Waals surface area contributed by atoms with Crippen LogP contribution in [0.4, 0.5) is 0 Å². The van der Waals surface area contributed by atoms with Crippen LogP contribution in [0.1, 0.15) is 26.3 Å². The van der Waals surface area contributed by atoms with Crippen LogP contribution in [-0.4, -0.2) is 32.5 Å². The van der Waals surface area contributed by atoms with Crippen molar-refractivity contribution in [2.24, 2.45) is 0 Å². The van der Waals surface area contributed by atoms with Gasteiger partial charge in [0, 0.05) is 17.8 Å². The van der Waals surface area contributed by atoms with Gasteiger partial charge in [-0.1, -0.05) is 19.1 Å². The molecule has 0 amide bonds. The minimum atomic E-state index is -3.44. The summed E-state index contributed by atoms with van der Waals surface area (Å²) in [6.07, 6.45) is 1.98. The standard InChI is InChI=1S/C14H24N2O2S2/c1-5-15-10-12-7-6-8-13(9-12)20(17,18)16-11-14(2,3)19-4/h6-9,15-16H,5,10-11H2,1-4H3. The molecule has 0 unspecified atom stereocenters. The van der Waals surface area contributed by atoms with Crippen LogP contribution in [0.5, 0.6) is 0 Å². The smallest absolute Gasteiger partial charge is 0.240 e. The minimum absolute atomic E-state index is 0.117. The van der Waals surface area contributed by atoms with Gasteiger partial charge in [0.05, 0.1) is 4.90 Å². The Kier molecular flexibility index (Phi) is 6.51. The monoisotopic (exact) mass is 316 g/mol. The van der Waals surface area contributed by atoms with E-state index in [1.165, 1.54) is 0 Å². The van der Waals surface area contributed by atoms with Crippen LogP contribution in [-0.2, 0) is 16.6 Å². The Labute approximate surface area is 126 Å². The van der Waals surface area contributed by atoms with E-state index in [-0.39, 0.29) is 4.75 Å². The van der Waals surface area contributed by atoms with Crippen LogP contribution in [0.3, 0.4) is 0 Å². The number of nitrogens with one attached hydrogen (secondary N) is 2. The second-order valence-electron chi connectivity index (χ2n) is 5.22. The number of thioether (sulfide) groups is 1. The molecule has 0 aliphatic heterocycles. The van der Waals surface area contributed by atoms with Crippen molar-refractivity contribution in [2.45, 2.75) is 37.0 Å². The van der Waals surface area contributed by atoms with Gasteiger partial charge in [0.2, 0.25) is 10.0 Å². The van der Waals surface area contributed by atoms with E-state index in [0.717, 1.165) is 12.1 Å². The Hall–Kier alpha value is -0.560. The van der Waals surface area contributed by atoms with Crippen molar-refractivity contribution in [3.63, 3.8) is 0 Å². The van der Waals surface area contributed by atoms with Crippen LogP contribution >= 0.6 is 11.8 Å². The van der Waals surface area contributed by atoms with E-state index >= 15 is 0 Å². The fourth-order valence-electron chi connectivity index (χ4n) is 1.52. The molecule has 0 aromatic heterocycles. The zero-order valence-electron chi connectivity index (χ0n) is 12.6. The van der Waals surface area contributed by atoms with Crippen molar-refractivity contribution in [2.75, 3.05) is 19.3 Å². The van der Waals surface area contributed by atoms with E-state index in [9.17, 15) is 8.42 Å². The SMILES string of the molecule is CCNCc1cccc(S(=O)(=O)NCC(C)(C)SC)c1. The molecule has 6 heteroatoms. The molecule has 114 valence electrons. The Balaban J connectivity index is 2.82. The quantitative estimate of drug-likeness (QED) is 0.772. The summed E-state index contributed by atoms with van der Waals surface area (Å²) in [5.74, 6) is 0.